The third kappa shape index (κ3) is 10.8. The zero-order valence-electron chi connectivity index (χ0n) is 16.9. The van der Waals surface area contributed by atoms with Crippen molar-refractivity contribution in [1.29, 1.82) is 0 Å². The predicted octanol–water partition coefficient (Wildman–Crippen LogP) is -0.126. The molecule has 0 heterocycles. The van der Waals surface area contributed by atoms with Crippen molar-refractivity contribution in [3.05, 3.63) is 29.8 Å². The molecule has 5 N–H and O–H groups in total. The van der Waals surface area contributed by atoms with Crippen LogP contribution in [0.3, 0.4) is 0 Å². The number of rotatable bonds is 15. The van der Waals surface area contributed by atoms with Crippen molar-refractivity contribution in [3.8, 4) is 0 Å². The van der Waals surface area contributed by atoms with E-state index in [4.69, 9.17) is 10.2 Å². The highest BCUT2D eigenvalue weighted by Gasteiger charge is 2.27. The molecule has 0 bridgehead atoms. The van der Waals surface area contributed by atoms with Gasteiger partial charge in [0.15, 0.2) is 0 Å². The minimum absolute atomic E-state index is 0.110. The first-order valence-electron chi connectivity index (χ1n) is 9.28. The number of carboxylic acids is 4. The molecule has 1 aromatic carbocycles. The normalized spacial score (nSPS) is 11.8. The number of hydrogen-bond acceptors (Lipinski definition) is 7. The molecule has 1 rings (SSSR count). The number of carbonyl (C=O) groups excluding carboxylic acids is 1. The highest BCUT2D eigenvalue weighted by atomic mass is 79.9. The first-order valence-corrected chi connectivity index (χ1v) is 10.4. The Morgan fingerprint density at radius 2 is 1.28 bits per heavy atom. The van der Waals surface area contributed by atoms with Crippen LogP contribution in [0.4, 0.5) is 5.69 Å². The van der Waals surface area contributed by atoms with Gasteiger partial charge in [-0.15, -0.1) is 0 Å². The van der Waals surface area contributed by atoms with Crippen LogP contribution < -0.4 is 5.32 Å². The fourth-order valence-electron chi connectivity index (χ4n) is 3.03. The van der Waals surface area contributed by atoms with Gasteiger partial charge < -0.3 is 25.7 Å². The van der Waals surface area contributed by atoms with Crippen LogP contribution in [0.15, 0.2) is 24.3 Å². The van der Waals surface area contributed by atoms with E-state index in [2.05, 4.69) is 21.2 Å². The van der Waals surface area contributed by atoms with Gasteiger partial charge in [0.05, 0.1) is 31.5 Å². The van der Waals surface area contributed by atoms with Gasteiger partial charge in [0, 0.05) is 18.3 Å². The predicted molar refractivity (Wildman–Crippen MR) is 115 cm³/mol. The largest absolute Gasteiger partial charge is 0.480 e. The number of hydrogen-bond donors (Lipinski definition) is 5. The average molecular weight is 518 g/mol. The van der Waals surface area contributed by atoms with E-state index in [1.165, 1.54) is 0 Å². The van der Waals surface area contributed by atoms with Gasteiger partial charge in [0.1, 0.15) is 0 Å². The molecule has 13 heteroatoms. The zero-order valence-corrected chi connectivity index (χ0v) is 18.5. The molecule has 12 nitrogen and oxygen atoms in total. The van der Waals surface area contributed by atoms with Gasteiger partial charge in [-0.05, 0) is 24.1 Å². The smallest absolute Gasteiger partial charge is 0.317 e. The summed E-state index contributed by atoms with van der Waals surface area (Å²) >= 11 is 3.03. The van der Waals surface area contributed by atoms with E-state index in [1.807, 2.05) is 0 Å². The van der Waals surface area contributed by atoms with Gasteiger partial charge in [0.2, 0.25) is 5.91 Å². The SMILES string of the molecule is O=C(O)CN(CC(=O)O)C[C@H](Cc1ccc(NC(=O)CBr)cc1)N(CC(=O)O)CC(=O)O. The average Bonchev–Trinajstić information content (AvgIpc) is 2.66. The summed E-state index contributed by atoms with van der Waals surface area (Å²) in [7, 11) is 0. The topological polar surface area (TPSA) is 185 Å². The molecule has 0 spiro atoms. The number of halogens is 1. The summed E-state index contributed by atoms with van der Waals surface area (Å²) in [4.78, 5) is 58.5. The first kappa shape index (κ1) is 27.0. The molecule has 0 aliphatic carbocycles. The van der Waals surface area contributed by atoms with Gasteiger partial charge in [-0.25, -0.2) is 0 Å². The Kier molecular flexibility index (Phi) is 11.3. The Bertz CT molecular complexity index is 800. The second-order valence-corrected chi connectivity index (χ2v) is 7.45. The maximum Gasteiger partial charge on any atom is 0.317 e. The van der Waals surface area contributed by atoms with Crippen LogP contribution in [0.25, 0.3) is 0 Å². The van der Waals surface area contributed by atoms with Crippen LogP contribution in [0.2, 0.25) is 0 Å². The molecule has 0 aromatic heterocycles. The quantitative estimate of drug-likeness (QED) is 0.195. The summed E-state index contributed by atoms with van der Waals surface area (Å²) in [6, 6.07) is 5.70. The van der Waals surface area contributed by atoms with E-state index in [0.29, 0.717) is 11.3 Å². The number of carbonyl (C=O) groups is 5. The Labute approximate surface area is 191 Å². The monoisotopic (exact) mass is 517 g/mol. The molecule has 0 aliphatic heterocycles. The fraction of sp³-hybridized carbons (Fsp3) is 0.421. The number of amides is 1. The Hall–Kier alpha value is -3.03. The zero-order chi connectivity index (χ0) is 24.3. The van der Waals surface area contributed by atoms with E-state index < -0.39 is 56.1 Å². The van der Waals surface area contributed by atoms with Crippen molar-refractivity contribution < 1.29 is 44.4 Å². The van der Waals surface area contributed by atoms with Gasteiger partial charge in [0.25, 0.3) is 0 Å². The van der Waals surface area contributed by atoms with Crippen LogP contribution in [0.1, 0.15) is 5.56 Å². The van der Waals surface area contributed by atoms with Crippen molar-refractivity contribution in [1.82, 2.24) is 9.80 Å². The minimum atomic E-state index is -1.29. The molecule has 176 valence electrons. The van der Waals surface area contributed by atoms with E-state index in [9.17, 15) is 34.2 Å². The number of nitrogens with one attached hydrogen (secondary N) is 1. The molecule has 0 fully saturated rings. The lowest BCUT2D eigenvalue weighted by atomic mass is 10.0. The second-order valence-electron chi connectivity index (χ2n) is 6.89. The van der Waals surface area contributed by atoms with E-state index in [1.54, 1.807) is 24.3 Å². The maximum atomic E-state index is 11.5. The van der Waals surface area contributed by atoms with E-state index in [-0.39, 0.29) is 24.2 Å². The van der Waals surface area contributed by atoms with Crippen LogP contribution in [0, 0.1) is 0 Å². The van der Waals surface area contributed by atoms with Crippen molar-refractivity contribution >= 4 is 51.4 Å². The summed E-state index contributed by atoms with van der Waals surface area (Å²) in [5, 5.41) is 39.3. The van der Waals surface area contributed by atoms with E-state index >= 15 is 0 Å². The molecule has 1 aromatic rings. The van der Waals surface area contributed by atoms with Crippen molar-refractivity contribution in [2.75, 3.05) is 43.4 Å². The molecular weight excluding hydrogens is 494 g/mol. The number of alkyl halides is 1. The fourth-order valence-corrected chi connectivity index (χ4v) is 3.17. The van der Waals surface area contributed by atoms with Crippen LogP contribution in [-0.2, 0) is 30.4 Å². The second kappa shape index (κ2) is 13.4. The molecule has 1 atom stereocenters. The van der Waals surface area contributed by atoms with Crippen molar-refractivity contribution in [3.63, 3.8) is 0 Å². The highest BCUT2D eigenvalue weighted by molar-refractivity contribution is 9.09. The summed E-state index contributed by atoms with van der Waals surface area (Å²) in [6.07, 6.45) is 0.114. The Balaban J connectivity index is 3.16. The Morgan fingerprint density at radius 1 is 0.812 bits per heavy atom. The standard InChI is InChI=1S/C19H24BrN3O9/c20-6-15(24)21-13-3-1-12(2-4-13)5-14(23(10-18(29)30)11-19(31)32)7-22(8-16(25)26)9-17(27)28/h1-4,14H,5-11H2,(H,21,24)(H,25,26)(H,27,28)(H,29,30)(H,31,32)/t14-/m0/s1. The number of nitrogens with zero attached hydrogens (tertiary/aromatic N) is 2. The van der Waals surface area contributed by atoms with Crippen LogP contribution >= 0.6 is 15.9 Å². The number of benzene rings is 1. The lowest BCUT2D eigenvalue weighted by molar-refractivity contribution is -0.146. The maximum absolute atomic E-state index is 11.5. The first-order chi connectivity index (χ1) is 15.0. The van der Waals surface area contributed by atoms with Gasteiger partial charge in [-0.2, -0.15) is 0 Å². The summed E-state index contributed by atoms with van der Waals surface area (Å²) in [5.41, 5.74) is 1.17. The molecule has 32 heavy (non-hydrogen) atoms. The molecule has 0 radical (unpaired) electrons. The number of anilines is 1. The molecule has 0 aliphatic rings. The number of carboxylic acid groups (broad SMARTS) is 4. The number of aliphatic carboxylic acids is 4. The molecule has 1 amide bonds. The molecule has 0 saturated heterocycles. The van der Waals surface area contributed by atoms with E-state index in [0.717, 1.165) is 9.80 Å². The molecular formula is C19H24BrN3O9. The Morgan fingerprint density at radius 3 is 1.69 bits per heavy atom. The summed E-state index contributed by atoms with van der Waals surface area (Å²) < 4.78 is 0. The summed E-state index contributed by atoms with van der Waals surface area (Å²) in [5.74, 6) is -5.39. The van der Waals surface area contributed by atoms with Crippen molar-refractivity contribution in [2.24, 2.45) is 0 Å². The lowest BCUT2D eigenvalue weighted by Crippen LogP contribution is -2.50. The lowest BCUT2D eigenvalue weighted by Gasteiger charge is -2.33. The van der Waals surface area contributed by atoms with Crippen molar-refractivity contribution in [2.45, 2.75) is 12.5 Å². The van der Waals surface area contributed by atoms with Crippen LogP contribution in [0.5, 0.6) is 0 Å². The van der Waals surface area contributed by atoms with Gasteiger partial charge in [-0.3, -0.25) is 33.8 Å². The highest BCUT2D eigenvalue weighted by Crippen LogP contribution is 2.15. The van der Waals surface area contributed by atoms with Gasteiger partial charge in [-0.1, -0.05) is 28.1 Å². The third-order valence-corrected chi connectivity index (χ3v) is 4.72. The minimum Gasteiger partial charge on any atom is -0.480 e. The van der Waals surface area contributed by atoms with Gasteiger partial charge >= 0.3 is 23.9 Å². The molecule has 0 unspecified atom stereocenters. The third-order valence-electron chi connectivity index (χ3n) is 4.21. The van der Waals surface area contributed by atoms with Crippen LogP contribution in [-0.4, -0.2) is 104 Å². The molecule has 0 saturated carbocycles. The summed E-state index contributed by atoms with van der Waals surface area (Å²) in [6.45, 7) is -2.70.